The molecule has 0 atom stereocenters. The van der Waals surface area contributed by atoms with E-state index in [9.17, 15) is 9.59 Å². The highest BCUT2D eigenvalue weighted by Crippen LogP contribution is 2.41. The standard InChI is InChI=1S/C39H51N5O5/c1-4-5-27-21-43(22-27)39(46)49-32-14-12-30(13-15-32)38(45)44(36-20-31(18-19-40-36)34-24-48-37(42-34)29-10-11-29)23-26-6-8-28(9-7-26)33-16-17-35(47-3)25(2)41-33/h16-20,24,26-30,32H,4-15,21-23H2,1-3H3. The SMILES string of the molecule is CCCC1CN(C(=O)OC2CCC(C(=O)N(CC3CCC(c4ccc(OC)c(C)n4)CC3)c3cc(-c4coc(C5CC5)n4)ccn3)CC2)C1. The lowest BCUT2D eigenvalue weighted by Gasteiger charge is -2.40. The molecule has 49 heavy (non-hydrogen) atoms. The molecule has 0 bridgehead atoms. The van der Waals surface area contributed by atoms with Gasteiger partial charge in [0, 0.05) is 54.8 Å². The van der Waals surface area contributed by atoms with E-state index in [0.29, 0.717) is 61.7 Å². The summed E-state index contributed by atoms with van der Waals surface area (Å²) in [7, 11) is 1.68. The zero-order valence-electron chi connectivity index (χ0n) is 29.3. The lowest BCUT2D eigenvalue weighted by atomic mass is 9.79. The van der Waals surface area contributed by atoms with Gasteiger partial charge in [-0.2, -0.15) is 0 Å². The highest BCUT2D eigenvalue weighted by atomic mass is 16.6. The number of nitrogens with zero attached hydrogens (tertiary/aromatic N) is 5. The van der Waals surface area contributed by atoms with Crippen molar-refractivity contribution in [2.24, 2.45) is 17.8 Å². The number of hydrogen-bond donors (Lipinski definition) is 0. The predicted octanol–water partition coefficient (Wildman–Crippen LogP) is 8.06. The summed E-state index contributed by atoms with van der Waals surface area (Å²) < 4.78 is 17.1. The van der Waals surface area contributed by atoms with Crippen LogP contribution in [0.1, 0.15) is 113 Å². The molecular weight excluding hydrogens is 618 g/mol. The summed E-state index contributed by atoms with van der Waals surface area (Å²) in [5.41, 5.74) is 3.74. The second-order valence-corrected chi connectivity index (χ2v) is 14.9. The predicted molar refractivity (Wildman–Crippen MR) is 186 cm³/mol. The number of oxazole rings is 1. The number of aryl methyl sites for hydroxylation is 1. The first-order chi connectivity index (χ1) is 23.9. The Morgan fingerprint density at radius 1 is 0.939 bits per heavy atom. The van der Waals surface area contributed by atoms with E-state index in [-0.39, 0.29) is 24.0 Å². The van der Waals surface area contributed by atoms with Crippen LogP contribution in [0.3, 0.4) is 0 Å². The molecule has 0 N–H and O–H groups in total. The Hall–Kier alpha value is -3.95. The zero-order chi connectivity index (χ0) is 33.9. The van der Waals surface area contributed by atoms with Gasteiger partial charge in [0.15, 0.2) is 5.89 Å². The first kappa shape index (κ1) is 33.5. The van der Waals surface area contributed by atoms with Gasteiger partial charge in [0.2, 0.25) is 5.91 Å². The first-order valence-corrected chi connectivity index (χ1v) is 18.6. The molecule has 3 aromatic rings. The van der Waals surface area contributed by atoms with Crippen LogP contribution >= 0.6 is 0 Å². The van der Waals surface area contributed by atoms with Gasteiger partial charge < -0.3 is 18.8 Å². The molecule has 3 aliphatic carbocycles. The number of anilines is 1. The second kappa shape index (κ2) is 14.9. The van der Waals surface area contributed by atoms with Crippen molar-refractivity contribution < 1.29 is 23.5 Å². The molecule has 4 aliphatic rings. The van der Waals surface area contributed by atoms with Gasteiger partial charge >= 0.3 is 6.09 Å². The number of amides is 2. The van der Waals surface area contributed by atoms with Crippen molar-refractivity contribution in [2.75, 3.05) is 31.6 Å². The topological polar surface area (TPSA) is 111 Å². The molecule has 3 saturated carbocycles. The summed E-state index contributed by atoms with van der Waals surface area (Å²) in [5, 5.41) is 0. The van der Waals surface area contributed by atoms with E-state index in [0.717, 1.165) is 98.7 Å². The van der Waals surface area contributed by atoms with Gasteiger partial charge in [0.05, 0.1) is 12.8 Å². The monoisotopic (exact) mass is 669 g/mol. The molecule has 262 valence electrons. The van der Waals surface area contributed by atoms with Crippen LogP contribution in [0.2, 0.25) is 0 Å². The molecule has 0 unspecified atom stereocenters. The van der Waals surface area contributed by atoms with Gasteiger partial charge in [0.1, 0.15) is 29.6 Å². The lowest BCUT2D eigenvalue weighted by molar-refractivity contribution is -0.124. The van der Waals surface area contributed by atoms with E-state index in [4.69, 9.17) is 28.8 Å². The molecule has 4 heterocycles. The van der Waals surface area contributed by atoms with Gasteiger partial charge in [-0.15, -0.1) is 0 Å². The number of likely N-dealkylation sites (tertiary alicyclic amines) is 1. The number of aromatic nitrogens is 3. The quantitative estimate of drug-likeness (QED) is 0.202. The highest BCUT2D eigenvalue weighted by molar-refractivity contribution is 5.94. The van der Waals surface area contributed by atoms with E-state index in [1.807, 2.05) is 34.9 Å². The molecule has 3 aromatic heterocycles. The smallest absolute Gasteiger partial charge is 0.410 e. The highest BCUT2D eigenvalue weighted by Gasteiger charge is 2.37. The average molecular weight is 670 g/mol. The number of carbonyl (C=O) groups is 2. The van der Waals surface area contributed by atoms with Crippen LogP contribution in [-0.4, -0.2) is 64.7 Å². The van der Waals surface area contributed by atoms with Crippen molar-refractivity contribution in [3.8, 4) is 17.0 Å². The fourth-order valence-electron chi connectivity index (χ4n) is 8.04. The van der Waals surface area contributed by atoms with Crippen molar-refractivity contribution in [1.29, 1.82) is 0 Å². The Morgan fingerprint density at radius 3 is 2.39 bits per heavy atom. The first-order valence-electron chi connectivity index (χ1n) is 18.6. The maximum absolute atomic E-state index is 14.4. The summed E-state index contributed by atoms with van der Waals surface area (Å²) in [6, 6.07) is 8.06. The van der Waals surface area contributed by atoms with Crippen LogP contribution in [-0.2, 0) is 9.53 Å². The summed E-state index contributed by atoms with van der Waals surface area (Å²) >= 11 is 0. The van der Waals surface area contributed by atoms with Gasteiger partial charge in [-0.1, -0.05) is 13.3 Å². The minimum absolute atomic E-state index is 0.118. The van der Waals surface area contributed by atoms with Gasteiger partial charge in [-0.05, 0) is 114 Å². The molecule has 4 fully saturated rings. The fraction of sp³-hybridized carbons (Fsp3) is 0.615. The van der Waals surface area contributed by atoms with Gasteiger partial charge in [-0.3, -0.25) is 14.7 Å². The van der Waals surface area contributed by atoms with Crippen LogP contribution in [0, 0.1) is 24.7 Å². The summed E-state index contributed by atoms with van der Waals surface area (Å²) in [4.78, 5) is 45.3. The molecule has 0 radical (unpaired) electrons. The van der Waals surface area contributed by atoms with Crippen molar-refractivity contribution in [3.63, 3.8) is 0 Å². The molecule has 1 saturated heterocycles. The van der Waals surface area contributed by atoms with Crippen LogP contribution in [0.25, 0.3) is 11.3 Å². The van der Waals surface area contributed by atoms with Crippen LogP contribution in [0.5, 0.6) is 5.75 Å². The molecule has 0 aromatic carbocycles. The molecule has 10 nitrogen and oxygen atoms in total. The number of carbonyl (C=O) groups excluding carboxylic acids is 2. The van der Waals surface area contributed by atoms with Crippen molar-refractivity contribution in [1.82, 2.24) is 19.9 Å². The Balaban J connectivity index is 1.02. The third-order valence-electron chi connectivity index (χ3n) is 11.2. The third kappa shape index (κ3) is 7.78. The number of rotatable bonds is 11. The summed E-state index contributed by atoms with van der Waals surface area (Å²) in [6.07, 6.45) is 14.7. The molecule has 0 spiro atoms. The second-order valence-electron chi connectivity index (χ2n) is 14.9. The van der Waals surface area contributed by atoms with E-state index in [1.54, 1.807) is 19.6 Å². The maximum atomic E-state index is 14.4. The van der Waals surface area contributed by atoms with Crippen LogP contribution in [0.15, 0.2) is 41.1 Å². The Labute approximate surface area is 290 Å². The van der Waals surface area contributed by atoms with E-state index in [1.165, 1.54) is 0 Å². The van der Waals surface area contributed by atoms with E-state index >= 15 is 0 Å². The minimum atomic E-state index is -0.196. The van der Waals surface area contributed by atoms with Gasteiger partial charge in [0.25, 0.3) is 0 Å². The average Bonchev–Trinajstić information content (AvgIpc) is 3.84. The van der Waals surface area contributed by atoms with E-state index in [2.05, 4.69) is 13.0 Å². The van der Waals surface area contributed by atoms with Crippen LogP contribution in [0.4, 0.5) is 10.6 Å². The largest absolute Gasteiger partial charge is 0.495 e. The molecule has 1 aliphatic heterocycles. The minimum Gasteiger partial charge on any atom is -0.495 e. The Kier molecular flexibility index (Phi) is 10.2. The molecule has 2 amide bonds. The number of ether oxygens (including phenoxy) is 2. The molecule has 7 rings (SSSR count). The number of methoxy groups -OCH3 is 1. The van der Waals surface area contributed by atoms with Crippen LogP contribution < -0.4 is 9.64 Å². The Morgan fingerprint density at radius 2 is 1.69 bits per heavy atom. The Bertz CT molecular complexity index is 1600. The fourth-order valence-corrected chi connectivity index (χ4v) is 8.04. The summed E-state index contributed by atoms with van der Waals surface area (Å²) in [5.74, 6) is 4.08. The lowest BCUT2D eigenvalue weighted by Crippen LogP contribution is -2.51. The number of hydrogen-bond acceptors (Lipinski definition) is 8. The summed E-state index contributed by atoms with van der Waals surface area (Å²) in [6.45, 7) is 6.41. The van der Waals surface area contributed by atoms with Crippen molar-refractivity contribution in [3.05, 3.63) is 54.0 Å². The van der Waals surface area contributed by atoms with Crippen molar-refractivity contribution in [2.45, 2.75) is 109 Å². The normalized spacial score (nSPS) is 24.3. The van der Waals surface area contributed by atoms with Crippen molar-refractivity contribution >= 4 is 17.8 Å². The van der Waals surface area contributed by atoms with Gasteiger partial charge in [-0.25, -0.2) is 14.8 Å². The zero-order valence-corrected chi connectivity index (χ0v) is 29.3. The number of pyridine rings is 2. The molecule has 10 heteroatoms. The molecular formula is C39H51N5O5. The van der Waals surface area contributed by atoms with E-state index < -0.39 is 0 Å². The third-order valence-corrected chi connectivity index (χ3v) is 11.2. The maximum Gasteiger partial charge on any atom is 0.410 e.